The van der Waals surface area contributed by atoms with E-state index in [0.717, 1.165) is 0 Å². The fourth-order valence-corrected chi connectivity index (χ4v) is 3.27. The van der Waals surface area contributed by atoms with Crippen LogP contribution in [0.1, 0.15) is 25.0 Å². The second kappa shape index (κ2) is 11.3. The number of amides is 2. The molecule has 0 radical (unpaired) electrons. The third-order valence-electron chi connectivity index (χ3n) is 5.48. The van der Waals surface area contributed by atoms with Gasteiger partial charge in [-0.1, -0.05) is 38.1 Å². The number of rotatable bonds is 10. The zero-order valence-corrected chi connectivity index (χ0v) is 18.9. The van der Waals surface area contributed by atoms with Gasteiger partial charge in [0.1, 0.15) is 23.6 Å². The number of aliphatic carboxylic acids is 1. The summed E-state index contributed by atoms with van der Waals surface area (Å²) in [6, 6.07) is 9.12. The largest absolute Gasteiger partial charge is 0.508 e. The number of nitrogens with one attached hydrogen (secondary N) is 1. The highest BCUT2D eigenvalue weighted by Gasteiger charge is 2.33. The first kappa shape index (κ1) is 25.7. The molecule has 0 aromatic heterocycles. The van der Waals surface area contributed by atoms with Crippen molar-refractivity contribution in [1.29, 1.82) is 0 Å². The van der Waals surface area contributed by atoms with Crippen molar-refractivity contribution in [2.75, 3.05) is 7.05 Å². The first-order valence-corrected chi connectivity index (χ1v) is 10.6. The van der Waals surface area contributed by atoms with Crippen LogP contribution in [-0.2, 0) is 27.2 Å². The molecule has 0 fully saturated rings. The number of hydrogen-bond donors (Lipinski definition) is 5. The van der Waals surface area contributed by atoms with Crippen molar-refractivity contribution in [2.24, 2.45) is 11.7 Å². The maximum Gasteiger partial charge on any atom is 0.326 e. The number of nitrogens with two attached hydrogens (primary N) is 1. The Kier molecular flexibility index (Phi) is 8.81. The van der Waals surface area contributed by atoms with E-state index >= 15 is 0 Å². The lowest BCUT2D eigenvalue weighted by Gasteiger charge is -2.31. The van der Waals surface area contributed by atoms with Crippen molar-refractivity contribution in [3.8, 4) is 11.5 Å². The van der Waals surface area contributed by atoms with Crippen molar-refractivity contribution >= 4 is 17.8 Å². The number of carbonyl (C=O) groups excluding carboxylic acids is 2. The molecule has 0 saturated heterocycles. The van der Waals surface area contributed by atoms with Crippen LogP contribution in [0.2, 0.25) is 0 Å². The first-order valence-electron chi connectivity index (χ1n) is 10.6. The summed E-state index contributed by atoms with van der Waals surface area (Å²) >= 11 is 0. The number of likely N-dealkylation sites (N-methyl/N-ethyl adjacent to an activating group) is 1. The van der Waals surface area contributed by atoms with Crippen LogP contribution in [0, 0.1) is 5.92 Å². The molecule has 2 amide bonds. The summed E-state index contributed by atoms with van der Waals surface area (Å²) in [7, 11) is 1.46. The van der Waals surface area contributed by atoms with Crippen LogP contribution in [0.3, 0.4) is 0 Å². The van der Waals surface area contributed by atoms with E-state index in [9.17, 15) is 29.7 Å². The van der Waals surface area contributed by atoms with E-state index in [1.807, 2.05) is 0 Å². The molecular weight excluding hydrogens is 426 g/mol. The fraction of sp³-hybridized carbons (Fsp3) is 0.375. The Morgan fingerprint density at radius 3 is 1.79 bits per heavy atom. The van der Waals surface area contributed by atoms with Gasteiger partial charge in [0.05, 0.1) is 6.04 Å². The predicted molar refractivity (Wildman–Crippen MR) is 123 cm³/mol. The second-order valence-electron chi connectivity index (χ2n) is 8.38. The van der Waals surface area contributed by atoms with Gasteiger partial charge in [-0.2, -0.15) is 0 Å². The third kappa shape index (κ3) is 7.21. The minimum absolute atomic E-state index is 0.00352. The normalized spacial score (nSPS) is 13.7. The fourth-order valence-electron chi connectivity index (χ4n) is 3.27. The molecular formula is C24H31N3O6. The number of nitrogens with zero attached hydrogens (tertiary/aromatic N) is 1. The lowest BCUT2D eigenvalue weighted by molar-refractivity contribution is -0.144. The van der Waals surface area contributed by atoms with Crippen molar-refractivity contribution in [1.82, 2.24) is 10.2 Å². The lowest BCUT2D eigenvalue weighted by atomic mass is 9.99. The summed E-state index contributed by atoms with van der Waals surface area (Å²) in [5, 5.41) is 31.1. The topological polar surface area (TPSA) is 153 Å². The maximum atomic E-state index is 13.2. The van der Waals surface area contributed by atoms with Crippen LogP contribution < -0.4 is 11.1 Å². The zero-order valence-electron chi connectivity index (χ0n) is 18.9. The monoisotopic (exact) mass is 457 g/mol. The highest BCUT2D eigenvalue weighted by atomic mass is 16.4. The predicted octanol–water partition coefficient (Wildman–Crippen LogP) is 1.26. The van der Waals surface area contributed by atoms with E-state index in [4.69, 9.17) is 5.73 Å². The van der Waals surface area contributed by atoms with E-state index in [0.29, 0.717) is 11.1 Å². The van der Waals surface area contributed by atoms with Crippen molar-refractivity contribution < 1.29 is 29.7 Å². The number of phenolic OH excluding ortho intramolecular Hbond substituents is 2. The molecule has 0 saturated carbocycles. The van der Waals surface area contributed by atoms with Gasteiger partial charge in [0.15, 0.2) is 0 Å². The minimum atomic E-state index is -1.24. The molecule has 0 aliphatic heterocycles. The van der Waals surface area contributed by atoms with E-state index in [-0.39, 0.29) is 30.3 Å². The van der Waals surface area contributed by atoms with Gasteiger partial charge in [-0.05, 0) is 41.3 Å². The van der Waals surface area contributed by atoms with Gasteiger partial charge in [-0.15, -0.1) is 0 Å². The Hall–Kier alpha value is -3.59. The molecule has 9 nitrogen and oxygen atoms in total. The summed E-state index contributed by atoms with van der Waals surface area (Å²) in [5.41, 5.74) is 7.30. The molecule has 0 heterocycles. The van der Waals surface area contributed by atoms with Gasteiger partial charge in [0.2, 0.25) is 11.8 Å². The number of phenols is 2. The Morgan fingerprint density at radius 2 is 1.36 bits per heavy atom. The summed E-state index contributed by atoms with van der Waals surface area (Å²) in [4.78, 5) is 39.1. The van der Waals surface area contributed by atoms with Crippen LogP contribution >= 0.6 is 0 Å². The van der Waals surface area contributed by atoms with E-state index in [1.54, 1.807) is 38.1 Å². The van der Waals surface area contributed by atoms with Gasteiger partial charge < -0.3 is 31.3 Å². The highest BCUT2D eigenvalue weighted by Crippen LogP contribution is 2.16. The van der Waals surface area contributed by atoms with Crippen LogP contribution in [0.4, 0.5) is 0 Å². The Morgan fingerprint density at radius 1 is 0.909 bits per heavy atom. The smallest absolute Gasteiger partial charge is 0.326 e. The Labute approximate surface area is 192 Å². The second-order valence-corrected chi connectivity index (χ2v) is 8.38. The van der Waals surface area contributed by atoms with Crippen molar-refractivity contribution in [3.63, 3.8) is 0 Å². The van der Waals surface area contributed by atoms with E-state index in [2.05, 4.69) is 5.32 Å². The van der Waals surface area contributed by atoms with Crippen molar-refractivity contribution in [3.05, 3.63) is 59.7 Å². The quantitative estimate of drug-likeness (QED) is 0.360. The molecule has 0 aliphatic carbocycles. The van der Waals surface area contributed by atoms with Gasteiger partial charge in [0.25, 0.3) is 0 Å². The number of carbonyl (C=O) groups is 3. The van der Waals surface area contributed by atoms with Crippen molar-refractivity contribution in [2.45, 2.75) is 44.8 Å². The number of benzene rings is 2. The minimum Gasteiger partial charge on any atom is -0.508 e. The lowest BCUT2D eigenvalue weighted by Crippen LogP contribution is -2.56. The molecule has 2 rings (SSSR count). The van der Waals surface area contributed by atoms with Crippen LogP contribution in [-0.4, -0.2) is 63.2 Å². The molecule has 2 aromatic carbocycles. The number of carboxylic acid groups (broad SMARTS) is 1. The van der Waals surface area contributed by atoms with Crippen LogP contribution in [0.25, 0.3) is 0 Å². The molecule has 0 aliphatic rings. The maximum absolute atomic E-state index is 13.2. The standard InChI is InChI=1S/C24H31N3O6/c1-14(2)21(25)23(31)27(3)20(13-16-6-10-18(29)11-7-16)22(30)26-19(24(32)33)12-15-4-8-17(28)9-5-15/h4-11,14,19-21,28-29H,12-13,25H2,1-3H3,(H,26,30)(H,32,33)/t19-,20-,21-/m0/s1. The molecule has 6 N–H and O–H groups in total. The van der Waals surface area contributed by atoms with E-state index < -0.39 is 35.9 Å². The summed E-state index contributed by atoms with van der Waals surface area (Å²) in [5.74, 6) is -2.35. The summed E-state index contributed by atoms with van der Waals surface area (Å²) in [6.07, 6.45) is 0.0984. The van der Waals surface area contributed by atoms with Gasteiger partial charge in [-0.25, -0.2) is 4.79 Å². The van der Waals surface area contributed by atoms with Crippen LogP contribution in [0.5, 0.6) is 11.5 Å². The molecule has 0 spiro atoms. The first-order chi connectivity index (χ1) is 15.5. The van der Waals surface area contributed by atoms with Gasteiger partial charge >= 0.3 is 5.97 Å². The number of aromatic hydroxyl groups is 2. The SMILES string of the molecule is CC(C)[C@H](N)C(=O)N(C)[C@@H](Cc1ccc(O)cc1)C(=O)N[C@@H](Cc1ccc(O)cc1)C(=O)O. The third-order valence-corrected chi connectivity index (χ3v) is 5.48. The molecule has 33 heavy (non-hydrogen) atoms. The molecule has 3 atom stereocenters. The zero-order chi connectivity index (χ0) is 24.7. The Bertz CT molecular complexity index is 959. The van der Waals surface area contributed by atoms with Crippen LogP contribution in [0.15, 0.2) is 48.5 Å². The Balaban J connectivity index is 2.27. The summed E-state index contributed by atoms with van der Waals surface area (Å²) < 4.78 is 0. The molecule has 178 valence electrons. The number of carboxylic acids is 1. The average molecular weight is 458 g/mol. The van der Waals surface area contributed by atoms with E-state index in [1.165, 1.54) is 36.2 Å². The molecule has 0 unspecified atom stereocenters. The molecule has 2 aromatic rings. The number of hydrogen-bond acceptors (Lipinski definition) is 6. The van der Waals surface area contributed by atoms with Gasteiger partial charge in [0, 0.05) is 19.9 Å². The van der Waals surface area contributed by atoms with Gasteiger partial charge in [-0.3, -0.25) is 9.59 Å². The molecule has 0 bridgehead atoms. The highest BCUT2D eigenvalue weighted by molar-refractivity contribution is 5.92. The average Bonchev–Trinajstić information content (AvgIpc) is 2.77. The molecule has 9 heteroatoms. The summed E-state index contributed by atoms with van der Waals surface area (Å²) in [6.45, 7) is 3.59.